The van der Waals surface area contributed by atoms with Gasteiger partial charge < -0.3 is 14.7 Å². The molecule has 4 nitrogen and oxygen atoms in total. The van der Waals surface area contributed by atoms with E-state index in [1.807, 2.05) is 19.1 Å². The van der Waals surface area contributed by atoms with Gasteiger partial charge in [0.15, 0.2) is 0 Å². The summed E-state index contributed by atoms with van der Waals surface area (Å²) < 4.78 is 5.33. The number of aliphatic hydroxyl groups excluding tert-OH is 1. The number of ether oxygens (including phenoxy) is 1. The van der Waals surface area contributed by atoms with Crippen LogP contribution in [0.1, 0.15) is 17.7 Å². The van der Waals surface area contributed by atoms with Gasteiger partial charge in [0.1, 0.15) is 5.82 Å². The van der Waals surface area contributed by atoms with Crippen LogP contribution < -0.4 is 4.90 Å². The molecule has 1 unspecified atom stereocenters. The second-order valence-corrected chi connectivity index (χ2v) is 4.23. The zero-order valence-electron chi connectivity index (χ0n) is 9.81. The molecule has 0 spiro atoms. The van der Waals surface area contributed by atoms with Gasteiger partial charge in [-0.1, -0.05) is 0 Å². The summed E-state index contributed by atoms with van der Waals surface area (Å²) in [5.74, 6) is 0.948. The van der Waals surface area contributed by atoms with Crippen LogP contribution in [0.2, 0.25) is 0 Å². The number of methoxy groups -OCH3 is 1. The second kappa shape index (κ2) is 4.80. The van der Waals surface area contributed by atoms with Gasteiger partial charge in [-0.15, -0.1) is 0 Å². The smallest absolute Gasteiger partial charge is 0.129 e. The zero-order chi connectivity index (χ0) is 11.5. The van der Waals surface area contributed by atoms with Crippen molar-refractivity contribution in [3.8, 4) is 0 Å². The van der Waals surface area contributed by atoms with Crippen LogP contribution in [-0.4, -0.2) is 36.4 Å². The topological polar surface area (TPSA) is 45.6 Å². The van der Waals surface area contributed by atoms with E-state index in [1.54, 1.807) is 7.11 Å². The fourth-order valence-electron chi connectivity index (χ4n) is 2.10. The Morgan fingerprint density at radius 1 is 1.56 bits per heavy atom. The maximum absolute atomic E-state index is 9.16. The van der Waals surface area contributed by atoms with Crippen molar-refractivity contribution < 1.29 is 9.84 Å². The average Bonchev–Trinajstić information content (AvgIpc) is 2.76. The van der Waals surface area contributed by atoms with Crippen LogP contribution in [0, 0.1) is 6.92 Å². The van der Waals surface area contributed by atoms with Crippen molar-refractivity contribution in [2.24, 2.45) is 0 Å². The van der Waals surface area contributed by atoms with Crippen molar-refractivity contribution in [2.75, 3.05) is 25.1 Å². The molecule has 0 aliphatic carbocycles. The van der Waals surface area contributed by atoms with Gasteiger partial charge in [-0.3, -0.25) is 0 Å². The van der Waals surface area contributed by atoms with Crippen LogP contribution in [0.25, 0.3) is 0 Å². The highest BCUT2D eigenvalue weighted by molar-refractivity contribution is 5.43. The number of nitrogens with zero attached hydrogens (tertiary/aromatic N) is 2. The Kier molecular flexibility index (Phi) is 3.41. The molecule has 0 saturated carbocycles. The van der Waals surface area contributed by atoms with Gasteiger partial charge in [-0.25, -0.2) is 4.98 Å². The summed E-state index contributed by atoms with van der Waals surface area (Å²) in [5, 5.41) is 9.16. The molecule has 0 amide bonds. The minimum atomic E-state index is 0.0674. The third-order valence-electron chi connectivity index (χ3n) is 2.98. The first-order valence-corrected chi connectivity index (χ1v) is 5.59. The van der Waals surface area contributed by atoms with Crippen molar-refractivity contribution in [2.45, 2.75) is 26.1 Å². The summed E-state index contributed by atoms with van der Waals surface area (Å²) in [4.78, 5) is 6.70. The van der Waals surface area contributed by atoms with Crippen molar-refractivity contribution in [1.29, 1.82) is 0 Å². The Hall–Kier alpha value is -1.13. The first kappa shape index (κ1) is 11.4. The van der Waals surface area contributed by atoms with Gasteiger partial charge in [-0.05, 0) is 31.0 Å². The molecule has 0 aromatic carbocycles. The standard InChI is InChI=1S/C12H18N2O2/c1-9-5-10(8-15)6-12(13-9)14-4-3-11(7-14)16-2/h5-6,11,15H,3-4,7-8H2,1-2H3. The largest absolute Gasteiger partial charge is 0.392 e. The molecule has 0 bridgehead atoms. The summed E-state index contributed by atoms with van der Waals surface area (Å²) in [6.07, 6.45) is 1.35. The number of anilines is 1. The van der Waals surface area contributed by atoms with Crippen molar-refractivity contribution >= 4 is 5.82 Å². The minimum Gasteiger partial charge on any atom is -0.392 e. The van der Waals surface area contributed by atoms with Crippen LogP contribution >= 0.6 is 0 Å². The molecule has 1 saturated heterocycles. The van der Waals surface area contributed by atoms with E-state index in [9.17, 15) is 0 Å². The van der Waals surface area contributed by atoms with Crippen LogP contribution in [-0.2, 0) is 11.3 Å². The molecule has 1 fully saturated rings. The maximum atomic E-state index is 9.16. The van der Waals surface area contributed by atoms with Crippen LogP contribution in [0.3, 0.4) is 0 Å². The summed E-state index contributed by atoms with van der Waals surface area (Å²) in [5.41, 5.74) is 1.87. The van der Waals surface area contributed by atoms with Crippen molar-refractivity contribution in [3.05, 3.63) is 23.4 Å². The highest BCUT2D eigenvalue weighted by Gasteiger charge is 2.23. The molecule has 0 radical (unpaired) electrons. The number of aryl methyl sites for hydroxylation is 1. The first-order chi connectivity index (χ1) is 7.72. The lowest BCUT2D eigenvalue weighted by Crippen LogP contribution is -2.23. The summed E-state index contributed by atoms with van der Waals surface area (Å²) in [6, 6.07) is 3.86. The summed E-state index contributed by atoms with van der Waals surface area (Å²) in [6.45, 7) is 3.88. The Balaban J connectivity index is 2.17. The van der Waals surface area contributed by atoms with E-state index in [2.05, 4.69) is 9.88 Å². The van der Waals surface area contributed by atoms with E-state index in [-0.39, 0.29) is 6.61 Å². The normalized spacial score (nSPS) is 20.4. The average molecular weight is 222 g/mol. The van der Waals surface area contributed by atoms with Gasteiger partial charge in [-0.2, -0.15) is 0 Å². The van der Waals surface area contributed by atoms with Crippen LogP contribution in [0.5, 0.6) is 0 Å². The van der Waals surface area contributed by atoms with Crippen LogP contribution in [0.15, 0.2) is 12.1 Å². The molecular formula is C12H18N2O2. The van der Waals surface area contributed by atoms with Crippen LogP contribution in [0.4, 0.5) is 5.82 Å². The molecule has 1 atom stereocenters. The summed E-state index contributed by atoms with van der Waals surface area (Å²) in [7, 11) is 1.75. The summed E-state index contributed by atoms with van der Waals surface area (Å²) >= 11 is 0. The second-order valence-electron chi connectivity index (χ2n) is 4.23. The predicted octanol–water partition coefficient (Wildman–Crippen LogP) is 1.11. The third-order valence-corrected chi connectivity index (χ3v) is 2.98. The molecule has 1 aromatic heterocycles. The third kappa shape index (κ3) is 2.33. The molecule has 1 aliphatic rings. The number of rotatable bonds is 3. The molecule has 2 heterocycles. The predicted molar refractivity (Wildman–Crippen MR) is 62.5 cm³/mol. The van der Waals surface area contributed by atoms with E-state index < -0.39 is 0 Å². The molecular weight excluding hydrogens is 204 g/mol. The molecule has 1 N–H and O–H groups in total. The first-order valence-electron chi connectivity index (χ1n) is 5.59. The zero-order valence-corrected chi connectivity index (χ0v) is 9.81. The molecule has 16 heavy (non-hydrogen) atoms. The van der Waals surface area contributed by atoms with Gasteiger partial charge in [0.2, 0.25) is 0 Å². The van der Waals surface area contributed by atoms with E-state index in [0.717, 1.165) is 36.6 Å². The highest BCUT2D eigenvalue weighted by Crippen LogP contribution is 2.21. The molecule has 1 aliphatic heterocycles. The fourth-order valence-corrected chi connectivity index (χ4v) is 2.10. The quantitative estimate of drug-likeness (QED) is 0.832. The van der Waals surface area contributed by atoms with Gasteiger partial charge in [0.05, 0.1) is 12.7 Å². The molecule has 88 valence electrons. The van der Waals surface area contributed by atoms with E-state index in [1.165, 1.54) is 0 Å². The van der Waals surface area contributed by atoms with Gasteiger partial charge >= 0.3 is 0 Å². The molecule has 2 rings (SSSR count). The molecule has 4 heteroatoms. The Labute approximate surface area is 95.9 Å². The molecule has 1 aromatic rings. The number of hydrogen-bond donors (Lipinski definition) is 1. The minimum absolute atomic E-state index is 0.0674. The van der Waals surface area contributed by atoms with E-state index in [4.69, 9.17) is 9.84 Å². The maximum Gasteiger partial charge on any atom is 0.129 e. The number of aromatic nitrogens is 1. The Morgan fingerprint density at radius 2 is 2.38 bits per heavy atom. The Bertz CT molecular complexity index is 368. The number of hydrogen-bond acceptors (Lipinski definition) is 4. The lowest BCUT2D eigenvalue weighted by Gasteiger charge is -2.18. The van der Waals surface area contributed by atoms with Gasteiger partial charge in [0, 0.05) is 25.9 Å². The number of pyridine rings is 1. The lowest BCUT2D eigenvalue weighted by atomic mass is 10.2. The Morgan fingerprint density at radius 3 is 3.00 bits per heavy atom. The SMILES string of the molecule is COC1CCN(c2cc(CO)cc(C)n2)C1. The van der Waals surface area contributed by atoms with Gasteiger partial charge in [0.25, 0.3) is 0 Å². The monoisotopic (exact) mass is 222 g/mol. The number of aliphatic hydroxyl groups is 1. The van der Waals surface area contributed by atoms with Crippen molar-refractivity contribution in [3.63, 3.8) is 0 Å². The van der Waals surface area contributed by atoms with Crippen molar-refractivity contribution in [1.82, 2.24) is 4.98 Å². The van der Waals surface area contributed by atoms with E-state index in [0.29, 0.717) is 6.10 Å². The highest BCUT2D eigenvalue weighted by atomic mass is 16.5. The fraction of sp³-hybridized carbons (Fsp3) is 0.583. The van der Waals surface area contributed by atoms with E-state index >= 15 is 0 Å². The lowest BCUT2D eigenvalue weighted by molar-refractivity contribution is 0.121.